The van der Waals surface area contributed by atoms with Gasteiger partial charge in [0.1, 0.15) is 0 Å². The van der Waals surface area contributed by atoms with Crippen LogP contribution >= 0.6 is 0 Å². The van der Waals surface area contributed by atoms with Gasteiger partial charge in [-0.05, 0) is 54.1 Å². The van der Waals surface area contributed by atoms with Crippen LogP contribution in [0, 0.1) is 0 Å². The van der Waals surface area contributed by atoms with Crippen molar-refractivity contribution in [1.29, 1.82) is 0 Å². The number of ether oxygens (including phenoxy) is 1. The molecule has 0 aliphatic carbocycles. The Morgan fingerprint density at radius 3 is 1.11 bits per heavy atom. The number of amides is 6. The van der Waals surface area contributed by atoms with Gasteiger partial charge in [-0.3, -0.25) is 53.8 Å². The average Bonchev–Trinajstić information content (AvgIpc) is 1.55. The molecule has 11 heterocycles. The summed E-state index contributed by atoms with van der Waals surface area (Å²) < 4.78 is 4.38. The van der Waals surface area contributed by atoms with Crippen molar-refractivity contribution in [2.75, 3.05) is 7.11 Å². The van der Waals surface area contributed by atoms with Crippen molar-refractivity contribution in [3.05, 3.63) is 263 Å². The number of nitrogens with one attached hydrogen (secondary N) is 11. The number of aromatic amines is 8. The summed E-state index contributed by atoms with van der Waals surface area (Å²) in [5.74, 6) is -5.07. The molecule has 27 nitrogen and oxygen atoms in total. The quantitative estimate of drug-likeness (QED) is 0.0242. The van der Waals surface area contributed by atoms with Gasteiger partial charge in [0.05, 0.1) is 69.0 Å². The molecule has 29 heteroatoms. The second kappa shape index (κ2) is 35.1. The first kappa shape index (κ1) is 84.2. The fourth-order valence-corrected chi connectivity index (χ4v) is 14.8. The van der Waals surface area contributed by atoms with Crippen LogP contribution in [0.3, 0.4) is 0 Å². The zero-order chi connectivity index (χ0) is 82.1. The standard InChI is InChI=1S/C20H13N3O2.C20H11N3O2.C20H13N3O2.C11H9NO3.C10H10N2O.C4H9O.2C2H4O2.K.Pd/c2*24-19-15-13-9-5-1-3-7-11(9)21-17(13)18-14(16(15)20(25)23-19)10-6-2-4-8-12(10)22-18;24-19-17(13-9-21-15-7-3-1-5-11(13)15)18(20(25)23-19)14-10-22-16-8-4-2-6-12(14)16;1-15-11(14)10(13)8-6-12-9-5-3-2-4-7(8)9;11-10(13)5-7-6-12-9-4-2-1-3-8(7)9;1-4(2,3)5;2*1-2(3)4;;/h1-8,19,21-22,24H,(H,23,25);1-8,21-22H,(H,23,24,25);1-10,21-22H,(H,23,24,25);2-6,12H,1H3;1-4,6,12H,5H2,(H2,11,13);1-3H3;2*1H3,(H,3,4);;/q;;;;;-1;;;+1;. The third-order valence-corrected chi connectivity index (χ3v) is 19.2. The molecule has 0 fully saturated rings. The SMILES string of the molecule is CC(=O)O.CC(=O)O.CC(C)(C)[O-].COC(=O)C(=O)c1c[nH]c2ccccc12.NC(=O)Cc1c[nH]c2ccccc12.O=C1NC(=O)C(c2c[nH]c3ccccc23)=C1c1c[nH]c2ccccc12.O=C1NC(=O)c2c1c1c3ccccc3[nH]c1c1[nH]c3ccccc3c21.O=C1NC(O)c2c1c1c3ccccc3[nH]c1c1[nH]c3ccccc3c21.[K+].[Pd]. The Morgan fingerprint density at radius 2 is 0.720 bits per heavy atom. The summed E-state index contributed by atoms with van der Waals surface area (Å²) in [6.07, 6.45) is 6.21. The van der Waals surface area contributed by atoms with Gasteiger partial charge in [0.15, 0.2) is 6.23 Å². The molecule has 118 heavy (non-hydrogen) atoms. The molecule has 18 aromatic rings. The van der Waals surface area contributed by atoms with Crippen LogP contribution < -0.4 is 78.2 Å². The third kappa shape index (κ3) is 16.7. The van der Waals surface area contributed by atoms with Crippen LogP contribution in [0.5, 0.6) is 0 Å². The second-order valence-electron chi connectivity index (χ2n) is 28.1. The van der Waals surface area contributed by atoms with Gasteiger partial charge in [0, 0.05) is 185 Å². The first-order chi connectivity index (χ1) is 55.7. The minimum atomic E-state index is -0.998. The number of carboxylic acids is 2. The van der Waals surface area contributed by atoms with Crippen LogP contribution in [0.25, 0.3) is 142 Å². The molecule has 3 aliphatic rings. The fraction of sp³-hybridized carbons (Fsp3) is 0.101. The minimum absolute atomic E-state index is 0. The van der Waals surface area contributed by atoms with Crippen molar-refractivity contribution in [3.8, 4) is 0 Å². The van der Waals surface area contributed by atoms with Gasteiger partial charge in [0.25, 0.3) is 47.3 Å². The normalized spacial score (nSPS) is 13.1. The van der Waals surface area contributed by atoms with Crippen LogP contribution in [-0.4, -0.2) is 127 Å². The van der Waals surface area contributed by atoms with E-state index in [4.69, 9.17) is 25.5 Å². The number of H-pyrrole nitrogens is 8. The largest absolute Gasteiger partial charge is 1.00 e. The number of aromatic nitrogens is 8. The molecule has 8 aromatic heterocycles. The number of nitrogens with two attached hydrogens (primary N) is 1. The number of rotatable bonds is 6. The summed E-state index contributed by atoms with van der Waals surface area (Å²) in [4.78, 5) is 140. The van der Waals surface area contributed by atoms with E-state index in [2.05, 4.69) is 60.6 Å². The molecule has 16 N–H and O–H groups in total. The van der Waals surface area contributed by atoms with E-state index < -0.39 is 35.5 Å². The van der Waals surface area contributed by atoms with Gasteiger partial charge in [-0.15, -0.1) is 5.60 Å². The Balaban J connectivity index is 0.000000132. The number of aliphatic carboxylic acids is 2. The van der Waals surface area contributed by atoms with Crippen molar-refractivity contribution in [2.45, 2.75) is 52.9 Å². The number of aliphatic hydroxyl groups is 1. The van der Waals surface area contributed by atoms with E-state index >= 15 is 0 Å². The molecule has 0 saturated heterocycles. The number of carboxylic acid groups (broad SMARTS) is 2. The van der Waals surface area contributed by atoms with Gasteiger partial charge in [-0.1, -0.05) is 166 Å². The average molecular weight is 1700 g/mol. The van der Waals surface area contributed by atoms with Crippen molar-refractivity contribution in [2.24, 2.45) is 5.73 Å². The zero-order valence-corrected chi connectivity index (χ0v) is 68.9. The Bertz CT molecular complexity index is 6900. The number of benzene rings is 10. The Morgan fingerprint density at radius 1 is 0.424 bits per heavy atom. The number of primary amides is 1. The number of aliphatic hydroxyl groups excluding tert-OH is 1. The zero-order valence-electron chi connectivity index (χ0n) is 64.2. The van der Waals surface area contributed by atoms with Crippen molar-refractivity contribution in [3.63, 3.8) is 0 Å². The van der Waals surface area contributed by atoms with Crippen molar-refractivity contribution in [1.82, 2.24) is 55.8 Å². The van der Waals surface area contributed by atoms with E-state index in [0.717, 1.165) is 161 Å². The van der Waals surface area contributed by atoms with E-state index in [1.54, 1.807) is 39.2 Å². The van der Waals surface area contributed by atoms with Crippen LogP contribution in [0.4, 0.5) is 0 Å². The number of esters is 1. The van der Waals surface area contributed by atoms with Crippen LogP contribution in [0.15, 0.2) is 219 Å². The first-order valence-corrected chi connectivity index (χ1v) is 36.3. The number of hydrogen-bond donors (Lipinski definition) is 15. The summed E-state index contributed by atoms with van der Waals surface area (Å²) in [6, 6.07) is 62.1. The van der Waals surface area contributed by atoms with Gasteiger partial charge in [-0.25, -0.2) is 4.79 Å². The summed E-state index contributed by atoms with van der Waals surface area (Å²) >= 11 is 0. The van der Waals surface area contributed by atoms with Crippen LogP contribution in [-0.2, 0) is 60.3 Å². The van der Waals surface area contributed by atoms with E-state index in [-0.39, 0.29) is 107 Å². The molecule has 10 aromatic carbocycles. The maximum Gasteiger partial charge on any atom is 1.00 e. The molecule has 3 aliphatic heterocycles. The van der Waals surface area contributed by atoms with E-state index in [0.29, 0.717) is 45.4 Å². The van der Waals surface area contributed by atoms with Gasteiger partial charge >= 0.3 is 57.4 Å². The van der Waals surface area contributed by atoms with E-state index in [1.165, 1.54) is 13.3 Å². The number of imide groups is 2. The molecule has 1 atom stereocenters. The predicted octanol–water partition coefficient (Wildman–Crippen LogP) is 10.8. The van der Waals surface area contributed by atoms with Gasteiger partial charge in [-0.2, -0.15) is 0 Å². The number of Topliss-reactive ketones (excluding diaryl/α,β-unsaturated/α-hetero) is 1. The Hall–Kier alpha value is -13.2. The van der Waals surface area contributed by atoms with Crippen molar-refractivity contribution >= 4 is 201 Å². The molecule has 1 unspecified atom stereocenters. The number of ketones is 1. The molecule has 0 spiro atoms. The van der Waals surface area contributed by atoms with E-state index in [9.17, 15) is 48.6 Å². The molecule has 0 radical (unpaired) electrons. The smallest absolute Gasteiger partial charge is 0.850 e. The monoisotopic (exact) mass is 1690 g/mol. The third-order valence-electron chi connectivity index (χ3n) is 19.2. The summed E-state index contributed by atoms with van der Waals surface area (Å²) in [5.41, 5.74) is 21.2. The predicted molar refractivity (Wildman–Crippen MR) is 443 cm³/mol. The molecule has 590 valence electrons. The van der Waals surface area contributed by atoms with Gasteiger partial charge < -0.3 is 76.1 Å². The fourth-order valence-electron chi connectivity index (χ4n) is 14.8. The van der Waals surface area contributed by atoms with Crippen LogP contribution in [0.2, 0.25) is 0 Å². The molecular weight excluding hydrogens is 1620 g/mol. The Labute approximate surface area is 724 Å². The topological polar surface area (TPSA) is 452 Å². The molecule has 6 amide bonds. The molecule has 21 rings (SSSR count). The van der Waals surface area contributed by atoms with Crippen LogP contribution in [0.1, 0.15) is 105 Å². The van der Waals surface area contributed by atoms with Gasteiger partial charge in [0.2, 0.25) is 5.91 Å². The maximum absolute atomic E-state index is 12.6. The number of carbonyl (C=O) groups is 10. The maximum atomic E-state index is 12.6. The number of para-hydroxylation sites is 8. The summed E-state index contributed by atoms with van der Waals surface area (Å²) in [6.45, 7) is 7.06. The number of fused-ring (bicyclic) bond motifs is 24. The van der Waals surface area contributed by atoms with Crippen molar-refractivity contribution < 1.29 is 145 Å². The molecular formula is C89H73KN12O15Pd. The second-order valence-corrected chi connectivity index (χ2v) is 28.1. The first-order valence-electron chi connectivity index (χ1n) is 36.3. The number of methoxy groups -OCH3 is 1. The van der Waals surface area contributed by atoms with E-state index in [1.807, 2.05) is 194 Å². The number of hydrogen-bond acceptors (Lipinski definition) is 13. The summed E-state index contributed by atoms with van der Waals surface area (Å²) in [7, 11) is 1.19. The summed E-state index contributed by atoms with van der Waals surface area (Å²) in [5, 5.41) is 53.9. The minimum Gasteiger partial charge on any atom is -0.850 e. The Kier molecular flexibility index (Phi) is 25.1. The molecule has 0 saturated carbocycles. The molecule has 0 bridgehead atoms. The number of carbonyl (C=O) groups excluding carboxylic acids is 8.